The lowest BCUT2D eigenvalue weighted by Gasteiger charge is -2.39. The Labute approximate surface area is 187 Å². The number of esters is 1. The molecule has 1 fully saturated rings. The molecule has 1 rings (SSSR count). The van der Waals surface area contributed by atoms with Crippen LogP contribution in [0.3, 0.4) is 0 Å². The second kappa shape index (κ2) is 14.8. The minimum absolute atomic E-state index is 0.145. The standard InChI is InChI=1S/C20H33NO4.C2HF3O2/c1-14(2)8-6-9-15(3)10-7-11-17-20(25-18(22)12-21)19(23-5)16(4)13-24-17;3-2(4,5)1(6)7/h7-8,10-11,16-17,19-20H,6,9,12-13,21H2,1-5H3;(H,6,7)/b11-7-,15-10+;/t16-,17-,19-,20-;/m0./s1. The maximum absolute atomic E-state index is 11.6. The highest BCUT2D eigenvalue weighted by atomic mass is 19.4. The van der Waals surface area contributed by atoms with Crippen LogP contribution in [0.2, 0.25) is 0 Å². The monoisotopic (exact) mass is 465 g/mol. The topological polar surface area (TPSA) is 108 Å². The Bertz CT molecular complexity index is 684. The highest BCUT2D eigenvalue weighted by molar-refractivity contribution is 5.73. The van der Waals surface area contributed by atoms with E-state index in [9.17, 15) is 18.0 Å². The molecule has 0 bridgehead atoms. The van der Waals surface area contributed by atoms with Gasteiger partial charge in [-0.25, -0.2) is 4.79 Å². The van der Waals surface area contributed by atoms with E-state index in [1.54, 1.807) is 7.11 Å². The number of ether oxygens (including phenoxy) is 3. The van der Waals surface area contributed by atoms with Crippen molar-refractivity contribution < 1.29 is 42.1 Å². The van der Waals surface area contributed by atoms with E-state index in [4.69, 9.17) is 29.8 Å². The summed E-state index contributed by atoms with van der Waals surface area (Å²) in [6, 6.07) is 0. The van der Waals surface area contributed by atoms with E-state index in [0.717, 1.165) is 12.8 Å². The number of aliphatic carboxylic acids is 1. The third-order valence-electron chi connectivity index (χ3n) is 4.48. The number of hydrogen-bond acceptors (Lipinski definition) is 6. The molecule has 3 N–H and O–H groups in total. The van der Waals surface area contributed by atoms with Gasteiger partial charge in [0.05, 0.1) is 13.2 Å². The minimum Gasteiger partial charge on any atom is -0.475 e. The van der Waals surface area contributed by atoms with Gasteiger partial charge in [-0.05, 0) is 33.6 Å². The van der Waals surface area contributed by atoms with Gasteiger partial charge in [-0.3, -0.25) is 4.79 Å². The molecule has 1 saturated heterocycles. The summed E-state index contributed by atoms with van der Waals surface area (Å²) in [5.41, 5.74) is 8.00. The number of carboxylic acids is 1. The zero-order valence-corrected chi connectivity index (χ0v) is 19.1. The maximum Gasteiger partial charge on any atom is 0.490 e. The fourth-order valence-electron chi connectivity index (χ4n) is 2.83. The number of alkyl halides is 3. The molecule has 0 aromatic rings. The molecule has 0 aromatic carbocycles. The summed E-state index contributed by atoms with van der Waals surface area (Å²) in [5.74, 6) is -3.06. The summed E-state index contributed by atoms with van der Waals surface area (Å²) in [5, 5.41) is 7.12. The number of allylic oxidation sites excluding steroid dienone is 5. The quantitative estimate of drug-likeness (QED) is 0.319. The number of carbonyl (C=O) groups is 2. The fourth-order valence-corrected chi connectivity index (χ4v) is 2.83. The number of carbonyl (C=O) groups excluding carboxylic acids is 1. The summed E-state index contributed by atoms with van der Waals surface area (Å²) in [4.78, 5) is 20.5. The normalized spacial score (nSPS) is 23.8. The number of halogens is 3. The van der Waals surface area contributed by atoms with Crippen molar-refractivity contribution in [3.05, 3.63) is 35.5 Å². The van der Waals surface area contributed by atoms with Gasteiger partial charge in [-0.1, -0.05) is 42.4 Å². The first-order valence-electron chi connectivity index (χ1n) is 10.1. The molecule has 10 heteroatoms. The number of nitrogens with two attached hydrogens (primary N) is 1. The van der Waals surface area contributed by atoms with Gasteiger partial charge in [-0.15, -0.1) is 0 Å². The first-order chi connectivity index (χ1) is 14.8. The molecule has 32 heavy (non-hydrogen) atoms. The molecule has 0 aliphatic carbocycles. The molecule has 0 unspecified atom stereocenters. The molecular formula is C22H34F3NO6. The predicted molar refractivity (Wildman–Crippen MR) is 114 cm³/mol. The third kappa shape index (κ3) is 12.0. The molecular weight excluding hydrogens is 431 g/mol. The van der Waals surface area contributed by atoms with Gasteiger partial charge in [0.2, 0.25) is 0 Å². The van der Waals surface area contributed by atoms with Gasteiger partial charge in [0, 0.05) is 13.0 Å². The van der Waals surface area contributed by atoms with Gasteiger partial charge in [0.15, 0.2) is 6.10 Å². The van der Waals surface area contributed by atoms with Crippen LogP contribution in [0, 0.1) is 5.92 Å². The van der Waals surface area contributed by atoms with Crippen LogP contribution in [0.4, 0.5) is 13.2 Å². The molecule has 1 heterocycles. The predicted octanol–water partition coefficient (Wildman–Crippen LogP) is 3.79. The van der Waals surface area contributed by atoms with Crippen molar-refractivity contribution in [2.45, 2.75) is 65.0 Å². The Balaban J connectivity index is 0.00000118. The van der Waals surface area contributed by atoms with Crippen LogP contribution in [-0.2, 0) is 23.8 Å². The van der Waals surface area contributed by atoms with Gasteiger partial charge < -0.3 is 25.1 Å². The summed E-state index contributed by atoms with van der Waals surface area (Å²) < 4.78 is 48.6. The van der Waals surface area contributed by atoms with E-state index in [1.807, 2.05) is 19.1 Å². The molecule has 1 aliphatic rings. The van der Waals surface area contributed by atoms with Crippen molar-refractivity contribution in [1.29, 1.82) is 0 Å². The van der Waals surface area contributed by atoms with Crippen LogP contribution in [0.25, 0.3) is 0 Å². The van der Waals surface area contributed by atoms with Crippen LogP contribution in [-0.4, -0.2) is 61.8 Å². The van der Waals surface area contributed by atoms with Crippen molar-refractivity contribution in [2.75, 3.05) is 20.3 Å². The number of carboxylic acid groups (broad SMARTS) is 1. The Kier molecular flexibility index (Phi) is 13.8. The van der Waals surface area contributed by atoms with E-state index < -0.39 is 24.2 Å². The molecule has 0 radical (unpaired) electrons. The van der Waals surface area contributed by atoms with Crippen LogP contribution in [0.1, 0.15) is 40.5 Å². The first kappa shape index (κ1) is 29.8. The number of rotatable bonds is 8. The van der Waals surface area contributed by atoms with Gasteiger partial charge in [-0.2, -0.15) is 13.2 Å². The highest BCUT2D eigenvalue weighted by Gasteiger charge is 2.40. The van der Waals surface area contributed by atoms with E-state index in [1.165, 1.54) is 11.1 Å². The zero-order valence-electron chi connectivity index (χ0n) is 19.1. The van der Waals surface area contributed by atoms with E-state index in [2.05, 4.69) is 32.9 Å². The maximum atomic E-state index is 11.6. The minimum atomic E-state index is -5.08. The largest absolute Gasteiger partial charge is 0.490 e. The fraction of sp³-hybridized carbons (Fsp3) is 0.636. The van der Waals surface area contributed by atoms with Crippen molar-refractivity contribution in [3.63, 3.8) is 0 Å². The Morgan fingerprint density at radius 2 is 1.81 bits per heavy atom. The van der Waals surface area contributed by atoms with Crippen LogP contribution < -0.4 is 5.73 Å². The number of hydrogen-bond donors (Lipinski definition) is 2. The number of methoxy groups -OCH3 is 1. The smallest absolute Gasteiger partial charge is 0.475 e. The molecule has 0 saturated carbocycles. The average Bonchev–Trinajstić information content (AvgIpc) is 2.69. The Morgan fingerprint density at radius 3 is 2.28 bits per heavy atom. The van der Waals surface area contributed by atoms with E-state index >= 15 is 0 Å². The van der Waals surface area contributed by atoms with Crippen LogP contribution >= 0.6 is 0 Å². The molecule has 4 atom stereocenters. The Hall–Kier alpha value is -2.17. The Morgan fingerprint density at radius 1 is 1.22 bits per heavy atom. The van der Waals surface area contributed by atoms with E-state index in [-0.39, 0.29) is 24.7 Å². The molecule has 1 aliphatic heterocycles. The van der Waals surface area contributed by atoms with Crippen molar-refractivity contribution in [1.82, 2.24) is 0 Å². The summed E-state index contributed by atoms with van der Waals surface area (Å²) in [6.45, 7) is 8.75. The molecule has 184 valence electrons. The van der Waals surface area contributed by atoms with Crippen LogP contribution in [0.15, 0.2) is 35.5 Å². The first-order valence-corrected chi connectivity index (χ1v) is 10.1. The summed E-state index contributed by atoms with van der Waals surface area (Å²) in [6.07, 6.45) is 4.15. The lowest BCUT2D eigenvalue weighted by molar-refractivity contribution is -0.192. The average molecular weight is 466 g/mol. The lowest BCUT2D eigenvalue weighted by Crippen LogP contribution is -2.52. The van der Waals surface area contributed by atoms with Crippen molar-refractivity contribution in [3.8, 4) is 0 Å². The van der Waals surface area contributed by atoms with Crippen molar-refractivity contribution >= 4 is 11.9 Å². The van der Waals surface area contributed by atoms with E-state index in [0.29, 0.717) is 6.61 Å². The SMILES string of the molecule is CO[C@@H]1[C@@H](OC(=O)CN)[C@H](/C=C\C=C(/C)CCC=C(C)C)OC[C@@H]1C.O=C(O)C(F)(F)F. The highest BCUT2D eigenvalue weighted by Crippen LogP contribution is 2.26. The molecule has 7 nitrogen and oxygen atoms in total. The van der Waals surface area contributed by atoms with Gasteiger partial charge in [0.25, 0.3) is 0 Å². The zero-order chi connectivity index (χ0) is 24.9. The summed E-state index contributed by atoms with van der Waals surface area (Å²) >= 11 is 0. The summed E-state index contributed by atoms with van der Waals surface area (Å²) in [7, 11) is 1.63. The second-order valence-electron chi connectivity index (χ2n) is 7.66. The van der Waals surface area contributed by atoms with Crippen LogP contribution in [0.5, 0.6) is 0 Å². The molecule has 0 spiro atoms. The molecule has 0 amide bonds. The second-order valence-corrected chi connectivity index (χ2v) is 7.66. The third-order valence-corrected chi connectivity index (χ3v) is 4.48. The lowest BCUT2D eigenvalue weighted by atomic mass is 9.93. The van der Waals surface area contributed by atoms with Gasteiger partial charge in [0.1, 0.15) is 12.2 Å². The van der Waals surface area contributed by atoms with Gasteiger partial charge >= 0.3 is 18.1 Å². The van der Waals surface area contributed by atoms with Crippen molar-refractivity contribution in [2.24, 2.45) is 11.7 Å². The molecule has 0 aromatic heterocycles.